The second-order valence-electron chi connectivity index (χ2n) is 4.05. The van der Waals surface area contributed by atoms with E-state index < -0.39 is 0 Å². The van der Waals surface area contributed by atoms with Gasteiger partial charge in [0.1, 0.15) is 0 Å². The Morgan fingerprint density at radius 2 is 1.83 bits per heavy atom. The maximum Gasteiger partial charge on any atom is 0.317 e. The first-order chi connectivity index (χ1) is 8.70. The van der Waals surface area contributed by atoms with Crippen LogP contribution in [0, 0.1) is 17.3 Å². The minimum absolute atomic E-state index is 0.378. The van der Waals surface area contributed by atoms with Crippen LogP contribution in [0.2, 0.25) is 0 Å². The van der Waals surface area contributed by atoms with Crippen LogP contribution in [0.4, 0.5) is 0 Å². The Kier molecular flexibility index (Phi) is 2.59. The summed E-state index contributed by atoms with van der Waals surface area (Å²) in [5.74, 6) is 0.862. The third kappa shape index (κ3) is 1.53. The number of thioether (sulfide) groups is 1. The molecular weight excluding hydrogens is 250 g/mol. The van der Waals surface area contributed by atoms with Gasteiger partial charge in [-0.25, -0.2) is 0 Å². The third-order valence-electron chi connectivity index (χ3n) is 2.96. The molecule has 2 heterocycles. The summed E-state index contributed by atoms with van der Waals surface area (Å²) in [6.07, 6.45) is 0. The highest BCUT2D eigenvalue weighted by atomic mass is 32.2. The molecule has 0 spiro atoms. The van der Waals surface area contributed by atoms with Crippen molar-refractivity contribution in [2.75, 3.05) is 12.3 Å². The number of para-hydroxylation sites is 2. The third-order valence-corrected chi connectivity index (χ3v) is 3.94. The Balaban J connectivity index is 2.38. The van der Waals surface area contributed by atoms with E-state index in [4.69, 9.17) is 0 Å². The van der Waals surface area contributed by atoms with Crippen LogP contribution in [0.15, 0.2) is 29.3 Å². The quantitative estimate of drug-likeness (QED) is 0.566. The van der Waals surface area contributed by atoms with Gasteiger partial charge in [0, 0.05) is 31.4 Å². The van der Waals surface area contributed by atoms with Gasteiger partial charge in [-0.15, -0.1) is 0 Å². The Bertz CT molecular complexity index is 670. The summed E-state index contributed by atoms with van der Waals surface area (Å²) in [5, 5.41) is 25.2. The van der Waals surface area contributed by atoms with Crippen molar-refractivity contribution in [2.45, 2.75) is 6.92 Å². The number of benzene rings is 1. The first-order valence-electron chi connectivity index (χ1n) is 5.62. The normalized spacial score (nSPS) is 15.1. The highest BCUT2D eigenvalue weighted by molar-refractivity contribution is 8.14. The molecule has 6 heteroatoms. The first-order valence-corrected chi connectivity index (χ1v) is 6.61. The number of hydrogen-bond donors (Lipinski definition) is 0. The van der Waals surface area contributed by atoms with E-state index in [1.165, 1.54) is 11.8 Å². The molecule has 1 aromatic heterocycles. The molecule has 1 aromatic carbocycles. The van der Waals surface area contributed by atoms with Gasteiger partial charge < -0.3 is 10.4 Å². The summed E-state index contributed by atoms with van der Waals surface area (Å²) in [6.45, 7) is 2.36. The molecule has 0 N–H and O–H groups in total. The zero-order chi connectivity index (χ0) is 12.7. The Hall–Kier alpha value is -1.82. The largest absolute Gasteiger partial charge is 0.618 e. The number of hydrogen-bond acceptors (Lipinski definition) is 4. The number of nitrogens with zero attached hydrogens (tertiary/aromatic N) is 3. The molecule has 92 valence electrons. The summed E-state index contributed by atoms with van der Waals surface area (Å²) in [6, 6.07) is 6.80. The van der Waals surface area contributed by atoms with Crippen LogP contribution >= 0.6 is 11.8 Å². The lowest BCUT2D eigenvalue weighted by atomic mass is 10.2. The predicted octanol–water partition coefficient (Wildman–Crippen LogP) is 0.908. The van der Waals surface area contributed by atoms with Gasteiger partial charge in [-0.1, -0.05) is 23.9 Å². The monoisotopic (exact) mass is 261 g/mol. The van der Waals surface area contributed by atoms with E-state index in [0.717, 1.165) is 15.2 Å². The predicted molar refractivity (Wildman–Crippen MR) is 70.5 cm³/mol. The topological polar surface area (TPSA) is 66.2 Å². The summed E-state index contributed by atoms with van der Waals surface area (Å²) >= 11 is 1.52. The second kappa shape index (κ2) is 4.13. The fourth-order valence-electron chi connectivity index (χ4n) is 2.07. The highest BCUT2D eigenvalue weighted by Crippen LogP contribution is 2.19. The van der Waals surface area contributed by atoms with E-state index in [-0.39, 0.29) is 0 Å². The minimum Gasteiger partial charge on any atom is -0.618 e. The summed E-state index contributed by atoms with van der Waals surface area (Å²) in [4.78, 5) is 4.28. The number of aromatic nitrogens is 2. The molecular formula is C12H11N3O2S. The molecule has 0 bridgehead atoms. The lowest BCUT2D eigenvalue weighted by molar-refractivity contribution is -0.634. The summed E-state index contributed by atoms with van der Waals surface area (Å²) < 4.78 is 1.62. The van der Waals surface area contributed by atoms with Crippen LogP contribution in [0.5, 0.6) is 0 Å². The number of aliphatic imine (C=N–C) groups is 1. The molecule has 1 aliphatic rings. The van der Waals surface area contributed by atoms with Gasteiger partial charge in [0.2, 0.25) is 0 Å². The Labute approximate surface area is 108 Å². The van der Waals surface area contributed by atoms with Gasteiger partial charge in [-0.2, -0.15) is 9.46 Å². The fourth-order valence-corrected chi connectivity index (χ4v) is 3.00. The van der Waals surface area contributed by atoms with Gasteiger partial charge in [0.05, 0.1) is 0 Å². The zero-order valence-electron chi connectivity index (χ0n) is 9.79. The molecule has 0 saturated carbocycles. The van der Waals surface area contributed by atoms with Gasteiger partial charge in [-0.3, -0.25) is 4.99 Å². The molecule has 0 unspecified atom stereocenters. The Morgan fingerprint density at radius 3 is 2.44 bits per heavy atom. The average molecular weight is 261 g/mol. The van der Waals surface area contributed by atoms with E-state index in [2.05, 4.69) is 4.99 Å². The van der Waals surface area contributed by atoms with Crippen molar-refractivity contribution in [3.05, 3.63) is 46.1 Å². The van der Waals surface area contributed by atoms with E-state index in [1.807, 2.05) is 0 Å². The molecule has 3 rings (SSSR count). The molecule has 18 heavy (non-hydrogen) atoms. The van der Waals surface area contributed by atoms with Crippen molar-refractivity contribution in [1.82, 2.24) is 0 Å². The van der Waals surface area contributed by atoms with Crippen LogP contribution in [-0.2, 0) is 0 Å². The van der Waals surface area contributed by atoms with Crippen molar-refractivity contribution in [2.24, 2.45) is 4.99 Å². The molecule has 0 fully saturated rings. The van der Waals surface area contributed by atoms with Gasteiger partial charge in [0.25, 0.3) is 16.7 Å². The van der Waals surface area contributed by atoms with E-state index in [9.17, 15) is 10.4 Å². The van der Waals surface area contributed by atoms with Crippen LogP contribution < -0.4 is 9.46 Å². The van der Waals surface area contributed by atoms with Gasteiger partial charge >= 0.3 is 5.69 Å². The average Bonchev–Trinajstić information content (AvgIpc) is 2.90. The van der Waals surface area contributed by atoms with Crippen molar-refractivity contribution in [3.63, 3.8) is 0 Å². The molecule has 2 aromatic rings. The summed E-state index contributed by atoms with van der Waals surface area (Å²) in [5.41, 5.74) is 1.55. The maximum absolute atomic E-state index is 12.4. The van der Waals surface area contributed by atoms with Crippen molar-refractivity contribution >= 4 is 27.8 Å². The lowest BCUT2D eigenvalue weighted by Crippen LogP contribution is -2.46. The maximum atomic E-state index is 12.4. The molecule has 5 nitrogen and oxygen atoms in total. The van der Waals surface area contributed by atoms with Crippen LogP contribution in [0.1, 0.15) is 11.4 Å². The SMILES string of the molecule is Cc1c(C2=NCCS2)[n+]([O-])c2ccccc2[n+]1[O-]. The van der Waals surface area contributed by atoms with Crippen molar-refractivity contribution in [1.29, 1.82) is 0 Å². The number of rotatable bonds is 1. The van der Waals surface area contributed by atoms with Crippen molar-refractivity contribution in [3.8, 4) is 0 Å². The van der Waals surface area contributed by atoms with Crippen molar-refractivity contribution < 1.29 is 9.46 Å². The van der Waals surface area contributed by atoms with E-state index in [0.29, 0.717) is 34.0 Å². The standard InChI is InChI=1S/C12H11N3O2S/c1-8-11(12-13-6-7-18-12)15(17)10-5-3-2-4-9(10)14(8)16/h2-5H,6-7H2,1H3. The summed E-state index contributed by atoms with van der Waals surface area (Å²) in [7, 11) is 0. The first kappa shape index (κ1) is 11.3. The molecule has 1 aliphatic heterocycles. The highest BCUT2D eigenvalue weighted by Gasteiger charge is 2.30. The van der Waals surface area contributed by atoms with E-state index >= 15 is 0 Å². The van der Waals surface area contributed by atoms with E-state index in [1.54, 1.807) is 31.2 Å². The fraction of sp³-hybridized carbons (Fsp3) is 0.250. The lowest BCUT2D eigenvalue weighted by Gasteiger charge is -2.10. The minimum atomic E-state index is 0.378. The van der Waals surface area contributed by atoms with Crippen LogP contribution in [0.3, 0.4) is 0 Å². The number of fused-ring (bicyclic) bond motifs is 1. The van der Waals surface area contributed by atoms with Gasteiger partial charge in [-0.05, 0) is 0 Å². The molecule has 0 radical (unpaired) electrons. The molecule has 0 aliphatic carbocycles. The molecule has 0 saturated heterocycles. The molecule has 0 atom stereocenters. The second-order valence-corrected chi connectivity index (χ2v) is 5.13. The van der Waals surface area contributed by atoms with Crippen LogP contribution in [-0.4, -0.2) is 17.3 Å². The van der Waals surface area contributed by atoms with Crippen LogP contribution in [0.25, 0.3) is 11.0 Å². The Morgan fingerprint density at radius 1 is 1.17 bits per heavy atom. The molecule has 0 amide bonds. The smallest absolute Gasteiger partial charge is 0.317 e. The van der Waals surface area contributed by atoms with Gasteiger partial charge in [0.15, 0.2) is 5.04 Å². The zero-order valence-corrected chi connectivity index (χ0v) is 10.6.